The van der Waals surface area contributed by atoms with Crippen LogP contribution in [0.3, 0.4) is 0 Å². The smallest absolute Gasteiger partial charge is 0.262 e. The van der Waals surface area contributed by atoms with Gasteiger partial charge in [0.25, 0.3) is 5.91 Å². The van der Waals surface area contributed by atoms with E-state index in [1.807, 2.05) is 0 Å². The van der Waals surface area contributed by atoms with E-state index in [9.17, 15) is 23.5 Å². The third kappa shape index (κ3) is 3.87. The van der Waals surface area contributed by atoms with Crippen molar-refractivity contribution in [2.45, 2.75) is 20.3 Å². The topological polar surface area (TPSA) is 78.4 Å². The van der Waals surface area contributed by atoms with Crippen molar-refractivity contribution in [3.63, 3.8) is 0 Å². The van der Waals surface area contributed by atoms with E-state index in [0.29, 0.717) is 35.5 Å². The quantitative estimate of drug-likeness (QED) is 0.800. The van der Waals surface area contributed by atoms with Crippen molar-refractivity contribution in [3.8, 4) is 5.75 Å². The molecule has 126 valence electrons. The van der Waals surface area contributed by atoms with E-state index in [4.69, 9.17) is 0 Å². The number of nitrogens with one attached hydrogen (secondary N) is 2. The second-order valence-electron chi connectivity index (χ2n) is 5.17. The van der Waals surface area contributed by atoms with E-state index in [1.165, 1.54) is 6.07 Å². The van der Waals surface area contributed by atoms with Crippen molar-refractivity contribution in [2.24, 2.45) is 0 Å². The van der Waals surface area contributed by atoms with Crippen LogP contribution in [0.2, 0.25) is 0 Å². The molecule has 0 atom stereocenters. The number of aryl methyl sites for hydroxylation is 1. The fraction of sp³-hybridized carbons (Fsp3) is 0.176. The Kier molecular flexibility index (Phi) is 5.13. The summed E-state index contributed by atoms with van der Waals surface area (Å²) in [5, 5.41) is 14.7. The first kappa shape index (κ1) is 17.4. The average molecular weight is 334 g/mol. The maximum Gasteiger partial charge on any atom is 0.262 e. The molecular formula is C17H16F2N2O3. The van der Waals surface area contributed by atoms with Crippen LogP contribution in [0.25, 0.3) is 0 Å². The van der Waals surface area contributed by atoms with Crippen LogP contribution in [0.5, 0.6) is 5.75 Å². The summed E-state index contributed by atoms with van der Waals surface area (Å²) in [7, 11) is 0. The highest BCUT2D eigenvalue weighted by Gasteiger charge is 2.19. The van der Waals surface area contributed by atoms with Crippen LogP contribution in [-0.4, -0.2) is 16.9 Å². The first-order valence-electron chi connectivity index (χ1n) is 7.21. The van der Waals surface area contributed by atoms with Crippen molar-refractivity contribution in [1.82, 2.24) is 0 Å². The number of phenolic OH excluding ortho intramolecular Hbond substituents is 1. The lowest BCUT2D eigenvalue weighted by atomic mass is 10.1. The first-order chi connectivity index (χ1) is 11.3. The van der Waals surface area contributed by atoms with Crippen LogP contribution in [0, 0.1) is 18.6 Å². The van der Waals surface area contributed by atoms with Gasteiger partial charge in [-0.15, -0.1) is 0 Å². The highest BCUT2D eigenvalue weighted by Crippen LogP contribution is 2.25. The second kappa shape index (κ2) is 7.08. The van der Waals surface area contributed by atoms with Crippen molar-refractivity contribution in [2.75, 3.05) is 10.6 Å². The molecule has 0 radical (unpaired) electrons. The number of benzene rings is 2. The number of halogens is 2. The fourth-order valence-corrected chi connectivity index (χ4v) is 2.05. The predicted octanol–water partition coefficient (Wildman–Crippen LogP) is 3.58. The minimum Gasteiger partial charge on any atom is -0.507 e. The average Bonchev–Trinajstić information content (AvgIpc) is 2.49. The molecule has 3 N–H and O–H groups in total. The van der Waals surface area contributed by atoms with Crippen LogP contribution in [0.1, 0.15) is 29.3 Å². The van der Waals surface area contributed by atoms with E-state index in [-0.39, 0.29) is 5.91 Å². The van der Waals surface area contributed by atoms with Gasteiger partial charge in [-0.1, -0.05) is 13.0 Å². The molecule has 2 aromatic carbocycles. The van der Waals surface area contributed by atoms with Crippen LogP contribution in [0.4, 0.5) is 20.2 Å². The molecule has 0 heterocycles. The van der Waals surface area contributed by atoms with Gasteiger partial charge in [-0.25, -0.2) is 8.78 Å². The standard InChI is InChI=1S/C17H16F2N2O3/c1-3-15(23)20-11-5-4-9(2)13(8-11)21-17(24)16-12(19)6-10(18)7-14(16)22/h4-8,22H,3H2,1-2H3,(H,20,23)(H,21,24). The summed E-state index contributed by atoms with van der Waals surface area (Å²) in [5.74, 6) is -4.07. The van der Waals surface area contributed by atoms with Gasteiger partial charge in [0.2, 0.25) is 5.91 Å². The van der Waals surface area contributed by atoms with E-state index >= 15 is 0 Å². The molecule has 2 rings (SSSR count). The van der Waals surface area contributed by atoms with Crippen LogP contribution >= 0.6 is 0 Å². The van der Waals surface area contributed by atoms with Crippen LogP contribution in [0.15, 0.2) is 30.3 Å². The molecule has 0 saturated heterocycles. The summed E-state index contributed by atoms with van der Waals surface area (Å²) in [5.41, 5.74) is 0.808. The van der Waals surface area contributed by atoms with Gasteiger partial charge < -0.3 is 15.7 Å². The van der Waals surface area contributed by atoms with Crippen molar-refractivity contribution in [1.29, 1.82) is 0 Å². The lowest BCUT2D eigenvalue weighted by Gasteiger charge is -2.12. The van der Waals surface area contributed by atoms with E-state index < -0.39 is 28.9 Å². The fourth-order valence-electron chi connectivity index (χ4n) is 2.05. The zero-order valence-corrected chi connectivity index (χ0v) is 13.1. The second-order valence-corrected chi connectivity index (χ2v) is 5.17. The monoisotopic (exact) mass is 334 g/mol. The summed E-state index contributed by atoms with van der Waals surface area (Å²) in [6, 6.07) is 6.01. The SMILES string of the molecule is CCC(=O)Nc1ccc(C)c(NC(=O)c2c(O)cc(F)cc2F)c1. The normalized spacial score (nSPS) is 10.3. The van der Waals surface area contributed by atoms with Crippen molar-refractivity contribution in [3.05, 3.63) is 53.1 Å². The Morgan fingerprint density at radius 3 is 2.46 bits per heavy atom. The number of hydrogen-bond donors (Lipinski definition) is 3. The number of aromatic hydroxyl groups is 1. The lowest BCUT2D eigenvalue weighted by Crippen LogP contribution is -2.16. The molecule has 5 nitrogen and oxygen atoms in total. The number of hydrogen-bond acceptors (Lipinski definition) is 3. The molecule has 0 spiro atoms. The van der Waals surface area contributed by atoms with Crippen molar-refractivity contribution >= 4 is 23.2 Å². The van der Waals surface area contributed by atoms with E-state index in [2.05, 4.69) is 10.6 Å². The van der Waals surface area contributed by atoms with Gasteiger partial charge in [0.15, 0.2) is 0 Å². The molecule has 2 aromatic rings. The zero-order valence-electron chi connectivity index (χ0n) is 13.1. The Morgan fingerprint density at radius 1 is 1.12 bits per heavy atom. The molecule has 0 aliphatic carbocycles. The molecule has 0 unspecified atom stereocenters. The number of amides is 2. The van der Waals surface area contributed by atoms with Gasteiger partial charge in [-0.3, -0.25) is 9.59 Å². The maximum absolute atomic E-state index is 13.7. The van der Waals surface area contributed by atoms with Gasteiger partial charge in [0.1, 0.15) is 22.9 Å². The molecule has 0 aliphatic heterocycles. The van der Waals surface area contributed by atoms with E-state index in [1.54, 1.807) is 26.0 Å². The summed E-state index contributed by atoms with van der Waals surface area (Å²) in [6.07, 6.45) is 0.296. The highest BCUT2D eigenvalue weighted by atomic mass is 19.1. The Bertz CT molecular complexity index is 783. The minimum atomic E-state index is -1.17. The van der Waals surface area contributed by atoms with Gasteiger partial charge in [0.05, 0.1) is 0 Å². The highest BCUT2D eigenvalue weighted by molar-refractivity contribution is 6.07. The third-order valence-electron chi connectivity index (χ3n) is 3.35. The number of anilines is 2. The summed E-state index contributed by atoms with van der Waals surface area (Å²) in [4.78, 5) is 23.6. The number of carbonyl (C=O) groups excluding carboxylic acids is 2. The summed E-state index contributed by atoms with van der Waals surface area (Å²) in [6.45, 7) is 3.41. The molecular weight excluding hydrogens is 318 g/mol. The Balaban J connectivity index is 2.29. The molecule has 0 aromatic heterocycles. The zero-order chi connectivity index (χ0) is 17.9. The van der Waals surface area contributed by atoms with Gasteiger partial charge in [0, 0.05) is 29.9 Å². The molecule has 0 bridgehead atoms. The molecule has 0 saturated carbocycles. The Morgan fingerprint density at radius 2 is 1.83 bits per heavy atom. The predicted molar refractivity (Wildman–Crippen MR) is 86.1 cm³/mol. The maximum atomic E-state index is 13.7. The van der Waals surface area contributed by atoms with Crippen molar-refractivity contribution < 1.29 is 23.5 Å². The summed E-state index contributed by atoms with van der Waals surface area (Å²) >= 11 is 0. The molecule has 0 fully saturated rings. The largest absolute Gasteiger partial charge is 0.507 e. The van der Waals surface area contributed by atoms with Gasteiger partial charge in [-0.05, 0) is 24.6 Å². The van der Waals surface area contributed by atoms with E-state index in [0.717, 1.165) is 0 Å². The number of rotatable bonds is 4. The number of carbonyl (C=O) groups is 2. The molecule has 7 heteroatoms. The van der Waals surface area contributed by atoms with Gasteiger partial charge >= 0.3 is 0 Å². The van der Waals surface area contributed by atoms with Crippen LogP contribution in [-0.2, 0) is 4.79 Å². The molecule has 2 amide bonds. The third-order valence-corrected chi connectivity index (χ3v) is 3.35. The first-order valence-corrected chi connectivity index (χ1v) is 7.21. The Hall–Kier alpha value is -2.96. The molecule has 0 aliphatic rings. The molecule has 24 heavy (non-hydrogen) atoms. The minimum absolute atomic E-state index is 0.196. The Labute approximate surface area is 137 Å². The number of phenols is 1. The van der Waals surface area contributed by atoms with Crippen LogP contribution < -0.4 is 10.6 Å². The van der Waals surface area contributed by atoms with Gasteiger partial charge in [-0.2, -0.15) is 0 Å². The lowest BCUT2D eigenvalue weighted by molar-refractivity contribution is -0.115. The summed E-state index contributed by atoms with van der Waals surface area (Å²) < 4.78 is 26.7.